The first-order chi connectivity index (χ1) is 14.2. The van der Waals surface area contributed by atoms with Crippen molar-refractivity contribution in [3.05, 3.63) is 76.9 Å². The fourth-order valence-corrected chi connectivity index (χ4v) is 4.99. The zero-order chi connectivity index (χ0) is 21.6. The van der Waals surface area contributed by atoms with Crippen molar-refractivity contribution in [1.82, 2.24) is 0 Å². The van der Waals surface area contributed by atoms with Crippen LogP contribution in [0, 0.1) is 20.8 Å². The fourth-order valence-electron chi connectivity index (χ4n) is 3.64. The molecule has 4 rings (SSSR count). The molecule has 0 radical (unpaired) electrons. The first-order valence-corrected chi connectivity index (χ1v) is 10.9. The van der Waals surface area contributed by atoms with Gasteiger partial charge in [-0.3, -0.25) is 9.10 Å². The molecule has 3 aromatic carbocycles. The number of ether oxygens (including phenoxy) is 1. The molecule has 3 aromatic rings. The summed E-state index contributed by atoms with van der Waals surface area (Å²) in [7, 11) is -2.36. The van der Waals surface area contributed by atoms with E-state index in [1.165, 1.54) is 29.6 Å². The van der Waals surface area contributed by atoms with Gasteiger partial charge in [0.25, 0.3) is 15.9 Å². The predicted molar refractivity (Wildman–Crippen MR) is 117 cm³/mol. The Balaban J connectivity index is 1.77. The number of hydrogen-bond acceptors (Lipinski definition) is 4. The van der Waals surface area contributed by atoms with E-state index in [1.807, 2.05) is 51.1 Å². The molecule has 1 heterocycles. The third kappa shape index (κ3) is 3.31. The molecule has 0 atom stereocenters. The summed E-state index contributed by atoms with van der Waals surface area (Å²) >= 11 is 0. The van der Waals surface area contributed by atoms with Gasteiger partial charge in [0.1, 0.15) is 5.75 Å². The molecule has 0 unspecified atom stereocenters. The van der Waals surface area contributed by atoms with Crippen molar-refractivity contribution in [2.24, 2.45) is 0 Å². The summed E-state index contributed by atoms with van der Waals surface area (Å²) in [6, 6.07) is 15.4. The minimum atomic E-state index is -3.88. The van der Waals surface area contributed by atoms with Crippen LogP contribution in [-0.2, 0) is 10.0 Å². The molecule has 0 saturated heterocycles. The molecule has 154 valence electrons. The van der Waals surface area contributed by atoms with Crippen molar-refractivity contribution in [1.29, 1.82) is 0 Å². The molecule has 1 aliphatic heterocycles. The number of nitrogens with zero attached hydrogens (tertiary/aromatic N) is 1. The molecule has 6 nitrogen and oxygen atoms in total. The van der Waals surface area contributed by atoms with E-state index < -0.39 is 15.9 Å². The maximum absolute atomic E-state index is 13.3. The average molecular weight is 423 g/mol. The van der Waals surface area contributed by atoms with Gasteiger partial charge in [0.15, 0.2) is 5.75 Å². The summed E-state index contributed by atoms with van der Waals surface area (Å²) in [5, 5.41) is 2.79. The number of nitrogens with one attached hydrogen (secondary N) is 1. The lowest BCUT2D eigenvalue weighted by Crippen LogP contribution is -2.28. The largest absolute Gasteiger partial charge is 0.454 e. The molecule has 0 aromatic heterocycles. The van der Waals surface area contributed by atoms with Crippen molar-refractivity contribution >= 4 is 27.3 Å². The smallest absolute Gasteiger partial charge is 0.264 e. The van der Waals surface area contributed by atoms with Crippen LogP contribution in [0.3, 0.4) is 0 Å². The summed E-state index contributed by atoms with van der Waals surface area (Å²) in [6.45, 7) is 5.66. The van der Waals surface area contributed by atoms with E-state index in [2.05, 4.69) is 5.32 Å². The normalized spacial score (nSPS) is 12.9. The van der Waals surface area contributed by atoms with Gasteiger partial charge >= 0.3 is 0 Å². The van der Waals surface area contributed by atoms with E-state index in [0.29, 0.717) is 22.9 Å². The number of sulfonamides is 1. The van der Waals surface area contributed by atoms with E-state index >= 15 is 0 Å². The predicted octanol–water partition coefficient (Wildman–Crippen LogP) is 4.79. The van der Waals surface area contributed by atoms with Gasteiger partial charge in [0.05, 0.1) is 21.8 Å². The molecule has 1 aliphatic rings. The number of carbonyl (C=O) groups excluding carboxylic acids is 1. The Bertz CT molecular complexity index is 1260. The minimum Gasteiger partial charge on any atom is -0.454 e. The second-order valence-corrected chi connectivity index (χ2v) is 9.40. The number of benzene rings is 3. The van der Waals surface area contributed by atoms with Crippen LogP contribution in [0.2, 0.25) is 0 Å². The van der Waals surface area contributed by atoms with Gasteiger partial charge in [-0.25, -0.2) is 8.42 Å². The quantitative estimate of drug-likeness (QED) is 0.658. The van der Waals surface area contributed by atoms with Crippen LogP contribution in [0.1, 0.15) is 27.0 Å². The summed E-state index contributed by atoms with van der Waals surface area (Å²) in [6.07, 6.45) is 0. The number of amides is 1. The number of carbonyl (C=O) groups is 1. The summed E-state index contributed by atoms with van der Waals surface area (Å²) < 4.78 is 33.8. The first-order valence-electron chi connectivity index (χ1n) is 9.47. The van der Waals surface area contributed by atoms with Crippen molar-refractivity contribution < 1.29 is 17.9 Å². The SMILES string of the molecule is Cc1ccc2c(c1)Oc1ccc(S(=O)(=O)N(C)c3c(C)cccc3C)cc1C(=O)N2. The Morgan fingerprint density at radius 3 is 2.30 bits per heavy atom. The second kappa shape index (κ2) is 7.18. The highest BCUT2D eigenvalue weighted by Gasteiger charge is 2.28. The van der Waals surface area contributed by atoms with Crippen LogP contribution in [-0.4, -0.2) is 21.4 Å². The lowest BCUT2D eigenvalue weighted by Gasteiger charge is -2.23. The average Bonchev–Trinajstić information content (AvgIpc) is 2.83. The molecule has 7 heteroatoms. The lowest BCUT2D eigenvalue weighted by molar-refractivity contribution is 0.102. The van der Waals surface area contributed by atoms with Gasteiger partial charge in [-0.15, -0.1) is 0 Å². The van der Waals surface area contributed by atoms with Gasteiger partial charge in [-0.1, -0.05) is 24.3 Å². The van der Waals surface area contributed by atoms with Crippen molar-refractivity contribution in [2.75, 3.05) is 16.7 Å². The number of para-hydroxylation sites is 1. The molecule has 1 N–H and O–H groups in total. The third-order valence-electron chi connectivity index (χ3n) is 5.21. The number of rotatable bonds is 3. The summed E-state index contributed by atoms with van der Waals surface area (Å²) in [5.41, 5.74) is 4.01. The zero-order valence-corrected chi connectivity index (χ0v) is 18.0. The molecule has 0 spiro atoms. The Kier molecular flexibility index (Phi) is 4.78. The number of aryl methyl sites for hydroxylation is 3. The van der Waals surface area contributed by atoms with E-state index in [1.54, 1.807) is 6.07 Å². The van der Waals surface area contributed by atoms with Gasteiger partial charge < -0.3 is 10.1 Å². The van der Waals surface area contributed by atoms with Crippen LogP contribution >= 0.6 is 0 Å². The second-order valence-electron chi connectivity index (χ2n) is 7.43. The standard InChI is InChI=1S/C23H22N2O4S/c1-14-8-10-19-21(12-14)29-20-11-9-17(13-18(20)23(26)24-19)30(27,28)25(4)22-15(2)6-5-7-16(22)3/h5-13H,1-4H3,(H,24,26). The molecule has 0 fully saturated rings. The molecule has 30 heavy (non-hydrogen) atoms. The van der Waals surface area contributed by atoms with Crippen LogP contribution in [0.15, 0.2) is 59.5 Å². The number of anilines is 2. The van der Waals surface area contributed by atoms with Gasteiger partial charge in [0, 0.05) is 7.05 Å². The van der Waals surface area contributed by atoms with Crippen LogP contribution in [0.5, 0.6) is 11.5 Å². The highest BCUT2D eigenvalue weighted by molar-refractivity contribution is 7.92. The number of hydrogen-bond donors (Lipinski definition) is 1. The van der Waals surface area contributed by atoms with Crippen LogP contribution in [0.4, 0.5) is 11.4 Å². The van der Waals surface area contributed by atoms with E-state index in [-0.39, 0.29) is 10.5 Å². The Morgan fingerprint density at radius 1 is 0.900 bits per heavy atom. The molecular formula is C23H22N2O4S. The third-order valence-corrected chi connectivity index (χ3v) is 6.97. The summed E-state index contributed by atoms with van der Waals surface area (Å²) in [5.74, 6) is 0.412. The Hall–Kier alpha value is -3.32. The topological polar surface area (TPSA) is 75.7 Å². The molecule has 0 aliphatic carbocycles. The Morgan fingerprint density at radius 2 is 1.60 bits per heavy atom. The maximum Gasteiger partial charge on any atom is 0.264 e. The van der Waals surface area contributed by atoms with Gasteiger partial charge in [0.2, 0.25) is 0 Å². The first kappa shape index (κ1) is 20.0. The van der Waals surface area contributed by atoms with Crippen LogP contribution < -0.4 is 14.4 Å². The molecule has 0 saturated carbocycles. The minimum absolute atomic E-state index is 0.0206. The Labute approximate surface area is 176 Å². The van der Waals surface area contributed by atoms with Crippen molar-refractivity contribution in [3.63, 3.8) is 0 Å². The molecular weight excluding hydrogens is 400 g/mol. The molecule has 1 amide bonds. The van der Waals surface area contributed by atoms with Crippen LogP contribution in [0.25, 0.3) is 0 Å². The zero-order valence-electron chi connectivity index (χ0n) is 17.2. The molecule has 0 bridgehead atoms. The summed E-state index contributed by atoms with van der Waals surface area (Å²) in [4.78, 5) is 12.8. The van der Waals surface area contributed by atoms with Gasteiger partial charge in [-0.05, 0) is 67.8 Å². The maximum atomic E-state index is 13.3. The van der Waals surface area contributed by atoms with E-state index in [9.17, 15) is 13.2 Å². The highest BCUT2D eigenvalue weighted by atomic mass is 32.2. The lowest BCUT2D eigenvalue weighted by atomic mass is 10.1. The highest BCUT2D eigenvalue weighted by Crippen LogP contribution is 2.38. The van der Waals surface area contributed by atoms with E-state index in [4.69, 9.17) is 4.74 Å². The number of fused-ring (bicyclic) bond motifs is 2. The van der Waals surface area contributed by atoms with Crippen molar-refractivity contribution in [2.45, 2.75) is 25.7 Å². The van der Waals surface area contributed by atoms with E-state index in [0.717, 1.165) is 16.7 Å². The monoisotopic (exact) mass is 422 g/mol. The van der Waals surface area contributed by atoms with Gasteiger partial charge in [-0.2, -0.15) is 0 Å². The fraction of sp³-hybridized carbons (Fsp3) is 0.174. The van der Waals surface area contributed by atoms with Crippen molar-refractivity contribution in [3.8, 4) is 11.5 Å².